The summed E-state index contributed by atoms with van der Waals surface area (Å²) in [6, 6.07) is 14.5. The van der Waals surface area contributed by atoms with E-state index in [1.54, 1.807) is 32.9 Å². The van der Waals surface area contributed by atoms with Crippen LogP contribution in [0.25, 0.3) is 11.1 Å². The molecule has 2 N–H and O–H groups in total. The fourth-order valence-electron chi connectivity index (χ4n) is 6.39. The largest absolute Gasteiger partial charge is 0.493 e. The monoisotopic (exact) mass is 662 g/mol. The molecular formula is C40H55FN2O5. The van der Waals surface area contributed by atoms with Crippen molar-refractivity contribution < 1.29 is 28.9 Å². The molecule has 0 unspecified atom stereocenters. The van der Waals surface area contributed by atoms with Crippen molar-refractivity contribution in [2.75, 3.05) is 31.2 Å². The minimum Gasteiger partial charge on any atom is -0.493 e. The number of carbonyl (C=O) groups is 1. The van der Waals surface area contributed by atoms with Crippen LogP contribution in [0.3, 0.4) is 0 Å². The lowest BCUT2D eigenvalue weighted by molar-refractivity contribution is -0.136. The molecule has 0 amide bonds. The van der Waals surface area contributed by atoms with Gasteiger partial charge in [0.05, 0.1) is 36.6 Å². The fourth-order valence-corrected chi connectivity index (χ4v) is 6.39. The molecule has 48 heavy (non-hydrogen) atoms. The summed E-state index contributed by atoms with van der Waals surface area (Å²) in [5, 5.41) is 18.4. The highest BCUT2D eigenvalue weighted by molar-refractivity contribution is 5.86. The van der Waals surface area contributed by atoms with Crippen molar-refractivity contribution in [2.24, 2.45) is 11.3 Å². The normalized spacial score (nSPS) is 16.4. The van der Waals surface area contributed by atoms with Crippen LogP contribution in [0.2, 0.25) is 0 Å². The van der Waals surface area contributed by atoms with Gasteiger partial charge in [-0.1, -0.05) is 51.0 Å². The first-order valence-corrected chi connectivity index (χ1v) is 17.5. The van der Waals surface area contributed by atoms with E-state index in [4.69, 9.17) is 19.6 Å². The van der Waals surface area contributed by atoms with Crippen LogP contribution >= 0.6 is 0 Å². The first kappa shape index (κ1) is 37.3. The van der Waals surface area contributed by atoms with Crippen molar-refractivity contribution in [3.63, 3.8) is 0 Å². The van der Waals surface area contributed by atoms with Crippen LogP contribution in [-0.2, 0) is 29.0 Å². The van der Waals surface area contributed by atoms with Gasteiger partial charge in [-0.25, -0.2) is 4.39 Å². The van der Waals surface area contributed by atoms with Crippen molar-refractivity contribution >= 4 is 11.7 Å². The van der Waals surface area contributed by atoms with E-state index in [1.165, 1.54) is 37.8 Å². The maximum absolute atomic E-state index is 13.2. The summed E-state index contributed by atoms with van der Waals surface area (Å²) in [5.41, 5.74) is 6.09. The van der Waals surface area contributed by atoms with E-state index in [9.17, 15) is 14.3 Å². The Morgan fingerprint density at radius 3 is 2.21 bits per heavy atom. The molecule has 8 heteroatoms. The molecule has 1 aromatic heterocycles. The summed E-state index contributed by atoms with van der Waals surface area (Å²) >= 11 is 0. The van der Waals surface area contributed by atoms with Crippen LogP contribution in [0, 0.1) is 24.1 Å². The van der Waals surface area contributed by atoms with E-state index >= 15 is 0 Å². The maximum Gasteiger partial charge on any atom is 0.307 e. The number of piperidine rings is 1. The third-order valence-corrected chi connectivity index (χ3v) is 9.09. The summed E-state index contributed by atoms with van der Waals surface area (Å²) in [6.45, 7) is 15.1. The number of benzene rings is 2. The van der Waals surface area contributed by atoms with Crippen LogP contribution < -0.4 is 9.64 Å². The number of aliphatic carboxylic acids is 1. The van der Waals surface area contributed by atoms with Gasteiger partial charge in [-0.3, -0.25) is 9.78 Å². The predicted octanol–water partition coefficient (Wildman–Crippen LogP) is 8.56. The summed E-state index contributed by atoms with van der Waals surface area (Å²) in [5.74, 6) is 0.251. The van der Waals surface area contributed by atoms with Crippen LogP contribution in [0.15, 0.2) is 48.5 Å². The molecule has 1 saturated carbocycles. The summed E-state index contributed by atoms with van der Waals surface area (Å²) < 4.78 is 25.6. The molecular weight excluding hydrogens is 607 g/mol. The molecule has 3 aromatic rings. The lowest BCUT2D eigenvalue weighted by atomic mass is 9.82. The van der Waals surface area contributed by atoms with E-state index in [0.29, 0.717) is 25.6 Å². The van der Waals surface area contributed by atoms with Gasteiger partial charge in [-0.15, -0.1) is 0 Å². The highest BCUT2D eigenvalue weighted by atomic mass is 19.1. The summed E-state index contributed by atoms with van der Waals surface area (Å²) in [4.78, 5) is 19.4. The first-order valence-electron chi connectivity index (χ1n) is 17.5. The molecule has 2 heterocycles. The van der Waals surface area contributed by atoms with Crippen molar-refractivity contribution in [3.8, 4) is 16.9 Å². The van der Waals surface area contributed by atoms with Crippen LogP contribution in [0.1, 0.15) is 95.7 Å². The molecule has 0 radical (unpaired) electrons. The number of anilines is 1. The SMILES string of the molecule is CC(C)(C)O.Cc1nc(COCC2CCCC2)c(-c2ccc(OCCc3ccc(F)cc3)cc2)c(N2CCC(C)(C)CC2)c1CC(=O)O. The van der Waals surface area contributed by atoms with Gasteiger partial charge in [0.25, 0.3) is 0 Å². The predicted molar refractivity (Wildman–Crippen MR) is 190 cm³/mol. The molecule has 5 rings (SSSR count). The van der Waals surface area contributed by atoms with Crippen molar-refractivity contribution in [1.82, 2.24) is 4.98 Å². The Morgan fingerprint density at radius 1 is 1.02 bits per heavy atom. The molecule has 1 aliphatic heterocycles. The second-order valence-electron chi connectivity index (χ2n) is 15.2. The third kappa shape index (κ3) is 11.6. The zero-order valence-electron chi connectivity index (χ0n) is 29.8. The average molecular weight is 663 g/mol. The lowest BCUT2D eigenvalue weighted by Gasteiger charge is -2.40. The van der Waals surface area contributed by atoms with Gasteiger partial charge in [0, 0.05) is 42.9 Å². The zero-order valence-corrected chi connectivity index (χ0v) is 29.8. The number of nitrogens with zero attached hydrogens (tertiary/aromatic N) is 2. The number of aryl methyl sites for hydroxylation is 1. The second kappa shape index (κ2) is 16.8. The summed E-state index contributed by atoms with van der Waals surface area (Å²) in [6.07, 6.45) is 7.66. The lowest BCUT2D eigenvalue weighted by Crippen LogP contribution is -2.38. The smallest absolute Gasteiger partial charge is 0.307 e. The number of carboxylic acids is 1. The van der Waals surface area contributed by atoms with Crippen LogP contribution in [-0.4, -0.2) is 53.1 Å². The molecule has 1 aliphatic carbocycles. The quantitative estimate of drug-likeness (QED) is 0.201. The number of carboxylic acid groups (broad SMARTS) is 1. The number of halogens is 1. The molecule has 2 aliphatic rings. The number of hydrogen-bond acceptors (Lipinski definition) is 6. The highest BCUT2D eigenvalue weighted by Gasteiger charge is 2.31. The van der Waals surface area contributed by atoms with Gasteiger partial charge in [-0.2, -0.15) is 0 Å². The molecule has 0 bridgehead atoms. The molecule has 262 valence electrons. The topological polar surface area (TPSA) is 92.1 Å². The Hall–Kier alpha value is -3.49. The molecule has 0 spiro atoms. The maximum atomic E-state index is 13.2. The molecule has 2 fully saturated rings. The molecule has 1 saturated heterocycles. The molecule has 7 nitrogen and oxygen atoms in total. The Balaban J connectivity index is 0.000000968. The molecule has 2 aromatic carbocycles. The Labute approximate surface area is 286 Å². The second-order valence-corrected chi connectivity index (χ2v) is 15.2. The van der Waals surface area contributed by atoms with Crippen LogP contribution in [0.5, 0.6) is 5.75 Å². The van der Waals surface area contributed by atoms with Crippen molar-refractivity contribution in [3.05, 3.63) is 76.9 Å². The third-order valence-electron chi connectivity index (χ3n) is 9.09. The van der Waals surface area contributed by atoms with E-state index < -0.39 is 11.6 Å². The number of aromatic nitrogens is 1. The minimum absolute atomic E-state index is 0.0746. The number of hydrogen-bond donors (Lipinski definition) is 2. The number of rotatable bonds is 12. The van der Waals surface area contributed by atoms with E-state index in [0.717, 1.165) is 77.6 Å². The number of aliphatic hydroxyl groups is 1. The van der Waals surface area contributed by atoms with E-state index in [1.807, 2.05) is 31.2 Å². The highest BCUT2D eigenvalue weighted by Crippen LogP contribution is 2.42. The van der Waals surface area contributed by atoms with Gasteiger partial charge in [0.15, 0.2) is 0 Å². The Kier molecular flexibility index (Phi) is 13.0. The van der Waals surface area contributed by atoms with E-state index in [-0.39, 0.29) is 17.7 Å². The number of ether oxygens (including phenoxy) is 2. The van der Waals surface area contributed by atoms with Gasteiger partial charge in [0.1, 0.15) is 11.6 Å². The number of pyridine rings is 1. The first-order chi connectivity index (χ1) is 22.7. The zero-order chi connectivity index (χ0) is 34.9. The molecule has 0 atom stereocenters. The summed E-state index contributed by atoms with van der Waals surface area (Å²) in [7, 11) is 0. The van der Waals surface area contributed by atoms with Gasteiger partial charge in [-0.05, 0) is 100 Å². The van der Waals surface area contributed by atoms with Gasteiger partial charge < -0.3 is 24.6 Å². The van der Waals surface area contributed by atoms with Crippen molar-refractivity contribution in [2.45, 2.75) is 105 Å². The minimum atomic E-state index is -0.857. The Morgan fingerprint density at radius 2 is 1.62 bits per heavy atom. The fraction of sp³-hybridized carbons (Fsp3) is 0.550. The van der Waals surface area contributed by atoms with Gasteiger partial charge >= 0.3 is 5.97 Å². The van der Waals surface area contributed by atoms with Gasteiger partial charge in [0.2, 0.25) is 0 Å². The van der Waals surface area contributed by atoms with Crippen LogP contribution in [0.4, 0.5) is 10.1 Å². The Bertz CT molecular complexity index is 1460. The van der Waals surface area contributed by atoms with E-state index in [2.05, 4.69) is 18.7 Å². The standard InChI is InChI=1S/C36H45FN2O4.C4H10O/c1-25-31(22-33(40)41)35(39-19-17-36(2,3)18-20-39)34(32(38-25)24-42-23-27-6-4-5-7-27)28-10-14-30(15-11-28)43-21-16-26-8-12-29(37)13-9-26;1-4(2,3)5/h8-15,27H,4-7,16-24H2,1-3H3,(H,40,41);5H,1-3H3. The average Bonchev–Trinajstić information content (AvgIpc) is 3.53. The van der Waals surface area contributed by atoms with Crippen molar-refractivity contribution in [1.29, 1.82) is 0 Å².